The van der Waals surface area contributed by atoms with Crippen LogP contribution in [0.2, 0.25) is 10.0 Å². The van der Waals surface area contributed by atoms with Gasteiger partial charge in [-0.05, 0) is 61.4 Å². The van der Waals surface area contributed by atoms with Crippen LogP contribution in [0.25, 0.3) is 0 Å². The summed E-state index contributed by atoms with van der Waals surface area (Å²) >= 11 is 13.2. The molecule has 4 rings (SSSR count). The first-order chi connectivity index (χ1) is 16.8. The van der Waals surface area contributed by atoms with E-state index in [1.54, 1.807) is 33.3 Å². The maximum atomic E-state index is 12.5. The minimum Gasteiger partial charge on any atom is -0.497 e. The predicted molar refractivity (Wildman–Crippen MR) is 137 cm³/mol. The molecule has 0 aliphatic carbocycles. The number of rotatable bonds is 6. The molecule has 0 amide bonds. The molecule has 35 heavy (non-hydrogen) atoms. The van der Waals surface area contributed by atoms with Gasteiger partial charge in [0.05, 0.1) is 26.2 Å². The number of carbonyl (C=O) groups excluding carboxylic acids is 1. The Bertz CT molecular complexity index is 1200. The Balaban J connectivity index is 1.97. The van der Waals surface area contributed by atoms with Crippen LogP contribution in [-0.2, 0) is 14.9 Å². The summed E-state index contributed by atoms with van der Waals surface area (Å²) in [5.41, 5.74) is 2.61. The van der Waals surface area contributed by atoms with E-state index >= 15 is 0 Å². The van der Waals surface area contributed by atoms with Crippen molar-refractivity contribution in [3.05, 3.63) is 87.4 Å². The van der Waals surface area contributed by atoms with Crippen molar-refractivity contribution in [2.75, 3.05) is 26.1 Å². The average Bonchev–Trinajstić information content (AvgIpc) is 2.85. The van der Waals surface area contributed by atoms with Gasteiger partial charge in [-0.2, -0.15) is 0 Å². The van der Waals surface area contributed by atoms with Crippen LogP contribution >= 0.6 is 23.2 Å². The summed E-state index contributed by atoms with van der Waals surface area (Å²) < 4.78 is 21.7. The fourth-order valence-electron chi connectivity index (χ4n) is 4.72. The van der Waals surface area contributed by atoms with Crippen molar-refractivity contribution in [2.24, 2.45) is 0 Å². The number of halogens is 2. The number of methoxy groups -OCH3 is 2. The molecule has 0 aromatic heterocycles. The number of ether oxygens (including phenoxy) is 4. The van der Waals surface area contributed by atoms with Crippen LogP contribution in [0.5, 0.6) is 11.5 Å². The minimum atomic E-state index is -0.807. The predicted octanol–water partition coefficient (Wildman–Crippen LogP) is 7.03. The molecular weight excluding hydrogens is 489 g/mol. The standard InChI is InChI=1S/C27H27Cl2NO5/c1-5-34-26(31)35-25-27(2,17-8-12-20(33-4)13-9-17)24(16-6-10-19(32-3)11-7-16)23-21(29)14-18(28)15-22(23)30-25/h6-15,24-25,30H,5H2,1-4H3. The highest BCUT2D eigenvalue weighted by Gasteiger charge is 2.51. The zero-order valence-electron chi connectivity index (χ0n) is 19.9. The lowest BCUT2D eigenvalue weighted by molar-refractivity contribution is 0.00294. The normalized spacial score (nSPS) is 20.9. The summed E-state index contributed by atoms with van der Waals surface area (Å²) in [5, 5.41) is 4.34. The Labute approximate surface area is 215 Å². The van der Waals surface area contributed by atoms with Gasteiger partial charge in [0.2, 0.25) is 0 Å². The van der Waals surface area contributed by atoms with Crippen LogP contribution in [0.1, 0.15) is 36.5 Å². The van der Waals surface area contributed by atoms with E-state index in [2.05, 4.69) is 5.32 Å². The summed E-state index contributed by atoms with van der Waals surface area (Å²) in [6.45, 7) is 3.96. The van der Waals surface area contributed by atoms with Gasteiger partial charge < -0.3 is 24.3 Å². The molecule has 0 fully saturated rings. The molecule has 0 spiro atoms. The van der Waals surface area contributed by atoms with Crippen molar-refractivity contribution in [3.8, 4) is 11.5 Å². The summed E-state index contributed by atoms with van der Waals surface area (Å²) in [6, 6.07) is 19.0. The highest BCUT2D eigenvalue weighted by atomic mass is 35.5. The molecule has 3 aromatic carbocycles. The summed E-state index contributed by atoms with van der Waals surface area (Å²) in [4.78, 5) is 12.5. The fraction of sp³-hybridized carbons (Fsp3) is 0.296. The van der Waals surface area contributed by atoms with Crippen LogP contribution in [0.15, 0.2) is 60.7 Å². The molecule has 1 aliphatic heterocycles. The van der Waals surface area contributed by atoms with Gasteiger partial charge in [-0.15, -0.1) is 0 Å². The SMILES string of the molecule is CCOC(=O)OC1Nc2cc(Cl)cc(Cl)c2C(c2ccc(OC)cc2)C1(C)c1ccc(OC)cc1. The van der Waals surface area contributed by atoms with Crippen molar-refractivity contribution in [1.82, 2.24) is 0 Å². The Hall–Kier alpha value is -3.09. The number of hydrogen-bond acceptors (Lipinski definition) is 6. The van der Waals surface area contributed by atoms with E-state index in [1.165, 1.54) is 0 Å². The third-order valence-corrected chi connectivity index (χ3v) is 6.98. The van der Waals surface area contributed by atoms with E-state index in [-0.39, 0.29) is 12.5 Å². The zero-order chi connectivity index (χ0) is 25.2. The van der Waals surface area contributed by atoms with Crippen molar-refractivity contribution >= 4 is 35.0 Å². The second-order valence-corrected chi connectivity index (χ2v) is 9.24. The smallest absolute Gasteiger partial charge is 0.497 e. The Morgan fingerprint density at radius 2 is 1.57 bits per heavy atom. The Morgan fingerprint density at radius 1 is 0.971 bits per heavy atom. The summed E-state index contributed by atoms with van der Waals surface area (Å²) in [5.74, 6) is 1.13. The highest BCUT2D eigenvalue weighted by molar-refractivity contribution is 6.35. The third kappa shape index (κ3) is 4.73. The molecule has 3 unspecified atom stereocenters. The molecule has 6 nitrogen and oxygen atoms in total. The van der Waals surface area contributed by atoms with Gasteiger partial charge in [0.15, 0.2) is 6.23 Å². The number of benzene rings is 3. The quantitative estimate of drug-likeness (QED) is 0.355. The molecule has 0 saturated carbocycles. The van der Waals surface area contributed by atoms with E-state index in [9.17, 15) is 4.79 Å². The number of hydrogen-bond donors (Lipinski definition) is 1. The largest absolute Gasteiger partial charge is 0.510 e. The van der Waals surface area contributed by atoms with Gasteiger partial charge in [0, 0.05) is 27.2 Å². The second-order valence-electron chi connectivity index (χ2n) is 8.39. The van der Waals surface area contributed by atoms with Crippen molar-refractivity contribution in [2.45, 2.75) is 31.4 Å². The molecule has 0 bridgehead atoms. The van der Waals surface area contributed by atoms with Gasteiger partial charge >= 0.3 is 6.16 Å². The lowest BCUT2D eigenvalue weighted by Gasteiger charge is -2.48. The number of carbonyl (C=O) groups is 1. The van der Waals surface area contributed by atoms with Gasteiger partial charge in [-0.25, -0.2) is 4.79 Å². The Morgan fingerprint density at radius 3 is 2.14 bits per heavy atom. The van der Waals surface area contributed by atoms with Crippen LogP contribution in [0.3, 0.4) is 0 Å². The van der Waals surface area contributed by atoms with Gasteiger partial charge in [-0.3, -0.25) is 0 Å². The first-order valence-electron chi connectivity index (χ1n) is 11.2. The number of nitrogens with one attached hydrogen (secondary N) is 1. The maximum Gasteiger partial charge on any atom is 0.510 e. The van der Waals surface area contributed by atoms with Crippen LogP contribution in [0, 0.1) is 0 Å². The molecule has 1 heterocycles. The molecular formula is C27H27Cl2NO5. The molecule has 0 radical (unpaired) electrons. The number of anilines is 1. The maximum absolute atomic E-state index is 12.5. The van der Waals surface area contributed by atoms with E-state index in [1.807, 2.05) is 55.5 Å². The molecule has 3 atom stereocenters. The summed E-state index contributed by atoms with van der Waals surface area (Å²) in [7, 11) is 3.24. The minimum absolute atomic E-state index is 0.195. The van der Waals surface area contributed by atoms with E-state index in [4.69, 9.17) is 42.1 Å². The van der Waals surface area contributed by atoms with Gasteiger partial charge in [-0.1, -0.05) is 47.5 Å². The van der Waals surface area contributed by atoms with E-state index < -0.39 is 17.8 Å². The highest BCUT2D eigenvalue weighted by Crippen LogP contribution is 2.54. The molecule has 1 aliphatic rings. The molecule has 8 heteroatoms. The van der Waals surface area contributed by atoms with Crippen LogP contribution in [-0.4, -0.2) is 33.2 Å². The van der Waals surface area contributed by atoms with Crippen molar-refractivity contribution in [3.63, 3.8) is 0 Å². The molecule has 184 valence electrons. The zero-order valence-corrected chi connectivity index (χ0v) is 21.4. The monoisotopic (exact) mass is 515 g/mol. The fourth-order valence-corrected chi connectivity index (χ4v) is 5.32. The molecule has 3 aromatic rings. The van der Waals surface area contributed by atoms with Crippen LogP contribution < -0.4 is 14.8 Å². The second kappa shape index (κ2) is 10.3. The lowest BCUT2D eigenvalue weighted by atomic mass is 9.62. The van der Waals surface area contributed by atoms with Crippen LogP contribution in [0.4, 0.5) is 10.5 Å². The topological polar surface area (TPSA) is 66.0 Å². The lowest BCUT2D eigenvalue weighted by Crippen LogP contribution is -2.52. The molecule has 1 N–H and O–H groups in total. The number of fused-ring (bicyclic) bond motifs is 1. The Kier molecular flexibility index (Phi) is 7.33. The van der Waals surface area contributed by atoms with Crippen molar-refractivity contribution < 1.29 is 23.7 Å². The third-order valence-electron chi connectivity index (χ3n) is 6.45. The van der Waals surface area contributed by atoms with E-state index in [0.717, 1.165) is 28.2 Å². The van der Waals surface area contributed by atoms with Gasteiger partial charge in [0.25, 0.3) is 0 Å². The molecule has 0 saturated heterocycles. The van der Waals surface area contributed by atoms with Crippen molar-refractivity contribution in [1.29, 1.82) is 0 Å². The average molecular weight is 516 g/mol. The first-order valence-corrected chi connectivity index (χ1v) is 11.9. The summed E-state index contributed by atoms with van der Waals surface area (Å²) in [6.07, 6.45) is -1.57. The van der Waals surface area contributed by atoms with E-state index in [0.29, 0.717) is 15.7 Å². The van der Waals surface area contributed by atoms with Gasteiger partial charge in [0.1, 0.15) is 11.5 Å². The first kappa shape index (κ1) is 25.0.